The lowest BCUT2D eigenvalue weighted by atomic mass is 9.82. The number of carbonyl (C=O) groups excluding carboxylic acids is 5. The maximum atomic E-state index is 15.4. The third-order valence-electron chi connectivity index (χ3n) is 13.9. The first-order valence-electron chi connectivity index (χ1n) is 26.5. The zero-order chi connectivity index (χ0) is 55.0. The van der Waals surface area contributed by atoms with Gasteiger partial charge in [-0.3, -0.25) is 24.0 Å². The molecule has 3 heterocycles. The minimum Gasteiger partial charge on any atom is -0.463 e. The second-order valence-electron chi connectivity index (χ2n) is 22.6. The highest BCUT2D eigenvalue weighted by Gasteiger charge is 2.36. The molecule has 16 nitrogen and oxygen atoms in total. The Hall–Kier alpha value is -5.68. The van der Waals surface area contributed by atoms with E-state index in [-0.39, 0.29) is 53.8 Å². The van der Waals surface area contributed by atoms with E-state index in [0.717, 1.165) is 46.9 Å². The summed E-state index contributed by atoms with van der Waals surface area (Å²) in [6.07, 6.45) is 10.3. The SMILES string of the molecule is CC(C)(C)CCO.CCCC(CC/C=C/OC(=O)NC1CCc2c(C)c(F)cc3nc4c(c1c23)Cn1c-4cc(C(C)CC)c(COC=O)c1=O)C(=O)NCCCCC(NC=O)C(=O)NC(C)(C)CCOC(C)(C)C. The van der Waals surface area contributed by atoms with Gasteiger partial charge in [-0.25, -0.2) is 14.2 Å². The number of benzene rings is 1. The zero-order valence-electron chi connectivity index (χ0n) is 46.2. The maximum Gasteiger partial charge on any atom is 0.412 e. The van der Waals surface area contributed by atoms with E-state index in [4.69, 9.17) is 24.3 Å². The summed E-state index contributed by atoms with van der Waals surface area (Å²) < 4.78 is 33.4. The van der Waals surface area contributed by atoms with Crippen LogP contribution in [0.4, 0.5) is 9.18 Å². The molecule has 2 aromatic heterocycles. The molecule has 5 N–H and O–H groups in total. The zero-order valence-corrected chi connectivity index (χ0v) is 46.2. The summed E-state index contributed by atoms with van der Waals surface area (Å²) in [5.74, 6) is -0.960. The maximum absolute atomic E-state index is 15.4. The smallest absolute Gasteiger partial charge is 0.412 e. The van der Waals surface area contributed by atoms with Crippen LogP contribution >= 0.6 is 0 Å². The Morgan fingerprint density at radius 3 is 2.34 bits per heavy atom. The molecule has 3 aromatic rings. The number of alkyl carbamates (subject to hydrolysis) is 1. The Labute approximate surface area is 437 Å². The molecule has 1 aliphatic carbocycles. The molecule has 5 rings (SSSR count). The van der Waals surface area contributed by atoms with Crippen LogP contribution in [0, 0.1) is 24.1 Å². The lowest BCUT2D eigenvalue weighted by Gasteiger charge is -2.30. The largest absolute Gasteiger partial charge is 0.463 e. The van der Waals surface area contributed by atoms with Gasteiger partial charge in [-0.2, -0.15) is 0 Å². The molecule has 4 amide bonds. The third-order valence-corrected chi connectivity index (χ3v) is 13.9. The number of carbonyl (C=O) groups is 5. The van der Waals surface area contributed by atoms with Crippen LogP contribution in [0.5, 0.6) is 0 Å². The molecule has 0 saturated carbocycles. The summed E-state index contributed by atoms with van der Waals surface area (Å²) >= 11 is 0. The van der Waals surface area contributed by atoms with Crippen molar-refractivity contribution in [1.29, 1.82) is 0 Å². The van der Waals surface area contributed by atoms with Crippen molar-refractivity contribution >= 4 is 41.7 Å². The number of aromatic nitrogens is 2. The van der Waals surface area contributed by atoms with Gasteiger partial charge in [-0.1, -0.05) is 48.0 Å². The lowest BCUT2D eigenvalue weighted by molar-refractivity contribution is -0.130. The van der Waals surface area contributed by atoms with E-state index in [1.54, 1.807) is 17.6 Å². The molecule has 1 aromatic carbocycles. The topological polar surface area (TPSA) is 216 Å². The van der Waals surface area contributed by atoms with Gasteiger partial charge in [0, 0.05) is 48.2 Å². The number of rotatable bonds is 26. The van der Waals surface area contributed by atoms with Crippen LogP contribution in [0.2, 0.25) is 0 Å². The van der Waals surface area contributed by atoms with E-state index in [1.807, 2.05) is 61.5 Å². The first-order valence-corrected chi connectivity index (χ1v) is 26.5. The highest BCUT2D eigenvalue weighted by molar-refractivity contribution is 5.93. The molecule has 0 bridgehead atoms. The Morgan fingerprint density at radius 2 is 1.72 bits per heavy atom. The van der Waals surface area contributed by atoms with Crippen molar-refractivity contribution in [1.82, 2.24) is 30.8 Å². The molecule has 2 aliphatic rings. The van der Waals surface area contributed by atoms with Crippen molar-refractivity contribution in [2.24, 2.45) is 11.3 Å². The van der Waals surface area contributed by atoms with E-state index in [2.05, 4.69) is 42.0 Å². The van der Waals surface area contributed by atoms with Crippen LogP contribution in [0.15, 0.2) is 29.3 Å². The molecule has 0 saturated heterocycles. The fraction of sp³-hybridized carbons (Fsp3) is 0.632. The van der Waals surface area contributed by atoms with Crippen molar-refractivity contribution in [3.8, 4) is 11.4 Å². The van der Waals surface area contributed by atoms with Gasteiger partial charge >= 0.3 is 6.09 Å². The second kappa shape index (κ2) is 27.7. The number of pyridine rings is 2. The van der Waals surface area contributed by atoms with Gasteiger partial charge in [-0.15, -0.1) is 0 Å². The number of nitrogens with zero attached hydrogens (tertiary/aromatic N) is 2. The number of aryl methyl sites for hydroxylation is 1. The molecule has 1 aliphatic heterocycles. The van der Waals surface area contributed by atoms with Gasteiger partial charge < -0.3 is 45.2 Å². The fourth-order valence-corrected chi connectivity index (χ4v) is 9.47. The molecule has 0 spiro atoms. The molecule has 0 fully saturated rings. The summed E-state index contributed by atoms with van der Waals surface area (Å²) in [6, 6.07) is 2.12. The average molecular weight is 1030 g/mol. The third kappa shape index (κ3) is 17.2. The number of hydrogen-bond acceptors (Lipinski definition) is 11. The standard InChI is InChI=1S/C51H71FN6O9.C6H14O/c1-10-16-33(46(61)53-22-14-12-18-40(54-29-59)47(62)57-51(8,9)21-24-67-50(5,6)7)17-13-15-23-66-49(64)56-39-20-19-34-32(4)38(52)26-41-43(34)44(39)36-27-58-42(45(36)55-41)25-35(31(3)11-2)37(48(58)63)28-65-30-60;1-6(2,3)4-5-7/h15,23,25-26,29-31,33,39-40H,10-14,16-22,24,27-28H2,1-9H3,(H,53,61)(H,54,59)(H,56,64)(H,57,62);7H,4-5H2,1-3H3/b23-15+;. The van der Waals surface area contributed by atoms with Crippen molar-refractivity contribution in [3.05, 3.63) is 74.0 Å². The number of fused-ring (bicyclic) bond motifs is 4. The van der Waals surface area contributed by atoms with Crippen LogP contribution in [0.25, 0.3) is 22.3 Å². The molecule has 0 radical (unpaired) electrons. The summed E-state index contributed by atoms with van der Waals surface area (Å²) in [6.45, 7) is 25.5. The van der Waals surface area contributed by atoms with Gasteiger partial charge in [0.1, 0.15) is 18.5 Å². The van der Waals surface area contributed by atoms with Crippen LogP contribution in [-0.2, 0) is 53.0 Å². The van der Waals surface area contributed by atoms with Gasteiger partial charge in [0.05, 0.1) is 46.9 Å². The Morgan fingerprint density at radius 1 is 0.986 bits per heavy atom. The number of allylic oxidation sites excluding steroid dienone is 1. The van der Waals surface area contributed by atoms with Crippen molar-refractivity contribution in [2.75, 3.05) is 19.8 Å². The number of hydrogen-bond donors (Lipinski definition) is 5. The van der Waals surface area contributed by atoms with Crippen LogP contribution < -0.4 is 26.8 Å². The van der Waals surface area contributed by atoms with Crippen molar-refractivity contribution in [2.45, 2.75) is 202 Å². The molecule has 74 heavy (non-hydrogen) atoms. The molecule has 410 valence electrons. The van der Waals surface area contributed by atoms with E-state index in [9.17, 15) is 28.8 Å². The second-order valence-corrected chi connectivity index (χ2v) is 22.6. The Kier molecular flexibility index (Phi) is 22.8. The molecular formula is C57H85FN6O10. The molecule has 4 atom stereocenters. The quantitative estimate of drug-likeness (QED) is 0.0227. The highest BCUT2D eigenvalue weighted by atomic mass is 19.1. The fourth-order valence-electron chi connectivity index (χ4n) is 9.47. The number of nitrogens with one attached hydrogen (secondary N) is 4. The molecular weight excluding hydrogens is 948 g/mol. The normalized spacial score (nSPS) is 15.2. The van der Waals surface area contributed by atoms with E-state index in [1.165, 1.54) is 12.3 Å². The number of unbranched alkanes of at least 4 members (excludes halogenated alkanes) is 1. The van der Waals surface area contributed by atoms with Crippen molar-refractivity contribution in [3.63, 3.8) is 0 Å². The highest BCUT2D eigenvalue weighted by Crippen LogP contribution is 2.45. The Bertz CT molecular complexity index is 2510. The number of ether oxygens (including phenoxy) is 3. The number of aliphatic hydroxyl groups is 1. The lowest BCUT2D eigenvalue weighted by Crippen LogP contribution is -2.52. The van der Waals surface area contributed by atoms with Crippen LogP contribution in [0.1, 0.15) is 192 Å². The van der Waals surface area contributed by atoms with Crippen LogP contribution in [0.3, 0.4) is 0 Å². The number of amides is 4. The Balaban J connectivity index is 0.00000158. The first kappa shape index (κ1) is 60.9. The minimum atomic E-state index is -0.693. The summed E-state index contributed by atoms with van der Waals surface area (Å²) in [5, 5.41) is 20.9. The van der Waals surface area contributed by atoms with Gasteiger partial charge in [0.25, 0.3) is 12.0 Å². The van der Waals surface area contributed by atoms with E-state index in [0.29, 0.717) is 124 Å². The minimum absolute atomic E-state index is 0.00910. The summed E-state index contributed by atoms with van der Waals surface area (Å²) in [7, 11) is 0. The van der Waals surface area contributed by atoms with Gasteiger partial charge in [0.15, 0.2) is 0 Å². The predicted octanol–water partition coefficient (Wildman–Crippen LogP) is 9.40. The average Bonchev–Trinajstić information content (AvgIpc) is 3.69. The van der Waals surface area contributed by atoms with Gasteiger partial charge in [0.2, 0.25) is 18.2 Å². The first-order chi connectivity index (χ1) is 34.9. The summed E-state index contributed by atoms with van der Waals surface area (Å²) in [5.41, 5.74) is 4.83. The monoisotopic (exact) mass is 1030 g/mol. The van der Waals surface area contributed by atoms with Crippen molar-refractivity contribution < 1.29 is 47.7 Å². The van der Waals surface area contributed by atoms with E-state index >= 15 is 4.39 Å². The van der Waals surface area contributed by atoms with Gasteiger partial charge in [-0.05, 0) is 158 Å². The number of aliphatic hydroxyl groups excluding tert-OH is 1. The molecule has 4 unspecified atom stereocenters. The van der Waals surface area contributed by atoms with E-state index < -0.39 is 23.7 Å². The number of halogens is 1. The van der Waals surface area contributed by atoms with Crippen LogP contribution in [-0.4, -0.2) is 82.4 Å². The predicted molar refractivity (Wildman–Crippen MR) is 286 cm³/mol. The molecule has 17 heteroatoms. The summed E-state index contributed by atoms with van der Waals surface area (Å²) in [4.78, 5) is 81.1.